The first-order chi connectivity index (χ1) is 5.55. The van der Waals surface area contributed by atoms with Crippen LogP contribution in [0.5, 0.6) is 0 Å². The van der Waals surface area contributed by atoms with Crippen LogP contribution in [0.25, 0.3) is 0 Å². The second-order valence-corrected chi connectivity index (χ2v) is 3.43. The van der Waals surface area contributed by atoms with Gasteiger partial charge >= 0.3 is 5.97 Å². The SMILES string of the molecule is CCOC(=O)C1(C(C)C)OC1C. The zero-order valence-electron chi connectivity index (χ0n) is 8.09. The molecule has 2 atom stereocenters. The fourth-order valence-corrected chi connectivity index (χ4v) is 1.56. The lowest BCUT2D eigenvalue weighted by Gasteiger charge is -2.14. The van der Waals surface area contributed by atoms with Gasteiger partial charge in [0.05, 0.1) is 12.7 Å². The molecule has 12 heavy (non-hydrogen) atoms. The van der Waals surface area contributed by atoms with E-state index in [1.807, 2.05) is 20.8 Å². The minimum atomic E-state index is -0.643. The van der Waals surface area contributed by atoms with Crippen LogP contribution < -0.4 is 0 Å². The van der Waals surface area contributed by atoms with Crippen molar-refractivity contribution in [3.8, 4) is 0 Å². The Balaban J connectivity index is 2.63. The van der Waals surface area contributed by atoms with E-state index in [-0.39, 0.29) is 18.0 Å². The zero-order chi connectivity index (χ0) is 9.35. The summed E-state index contributed by atoms with van der Waals surface area (Å²) >= 11 is 0. The van der Waals surface area contributed by atoms with Gasteiger partial charge in [-0.25, -0.2) is 4.79 Å². The minimum Gasteiger partial charge on any atom is -0.464 e. The first-order valence-corrected chi connectivity index (χ1v) is 4.40. The van der Waals surface area contributed by atoms with Crippen LogP contribution in [0, 0.1) is 5.92 Å². The van der Waals surface area contributed by atoms with Gasteiger partial charge in [-0.2, -0.15) is 0 Å². The van der Waals surface area contributed by atoms with E-state index in [4.69, 9.17) is 9.47 Å². The van der Waals surface area contributed by atoms with Crippen molar-refractivity contribution in [1.82, 2.24) is 0 Å². The van der Waals surface area contributed by atoms with Gasteiger partial charge in [-0.15, -0.1) is 0 Å². The van der Waals surface area contributed by atoms with Crippen LogP contribution in [0.2, 0.25) is 0 Å². The molecule has 0 bridgehead atoms. The molecule has 1 rings (SSSR count). The minimum absolute atomic E-state index is 0.0107. The van der Waals surface area contributed by atoms with E-state index in [2.05, 4.69) is 0 Å². The van der Waals surface area contributed by atoms with Crippen molar-refractivity contribution in [3.63, 3.8) is 0 Å². The summed E-state index contributed by atoms with van der Waals surface area (Å²) in [7, 11) is 0. The lowest BCUT2D eigenvalue weighted by atomic mass is 9.93. The van der Waals surface area contributed by atoms with Gasteiger partial charge in [0.15, 0.2) is 5.60 Å². The van der Waals surface area contributed by atoms with Crippen LogP contribution in [0.3, 0.4) is 0 Å². The molecular formula is C9H16O3. The molecule has 3 nitrogen and oxygen atoms in total. The van der Waals surface area contributed by atoms with E-state index < -0.39 is 5.60 Å². The quantitative estimate of drug-likeness (QED) is 0.476. The fraction of sp³-hybridized carbons (Fsp3) is 0.889. The molecule has 1 saturated heterocycles. The molecule has 3 heteroatoms. The monoisotopic (exact) mass is 172 g/mol. The molecule has 0 amide bonds. The third-order valence-electron chi connectivity index (χ3n) is 2.37. The molecule has 0 radical (unpaired) electrons. The van der Waals surface area contributed by atoms with Gasteiger partial charge in [0, 0.05) is 0 Å². The van der Waals surface area contributed by atoms with Crippen molar-refractivity contribution in [2.24, 2.45) is 5.92 Å². The Hall–Kier alpha value is -0.570. The van der Waals surface area contributed by atoms with Gasteiger partial charge < -0.3 is 9.47 Å². The van der Waals surface area contributed by atoms with Crippen molar-refractivity contribution < 1.29 is 14.3 Å². The normalized spacial score (nSPS) is 33.6. The Morgan fingerprint density at radius 1 is 1.67 bits per heavy atom. The van der Waals surface area contributed by atoms with E-state index in [0.29, 0.717) is 6.61 Å². The number of ether oxygens (including phenoxy) is 2. The maximum absolute atomic E-state index is 11.4. The molecule has 0 saturated carbocycles. The van der Waals surface area contributed by atoms with Crippen LogP contribution in [0.4, 0.5) is 0 Å². The van der Waals surface area contributed by atoms with Crippen LogP contribution in [0.1, 0.15) is 27.7 Å². The number of carbonyl (C=O) groups is 1. The summed E-state index contributed by atoms with van der Waals surface area (Å²) < 4.78 is 10.2. The average Bonchev–Trinajstić information content (AvgIpc) is 2.63. The van der Waals surface area contributed by atoms with Crippen molar-refractivity contribution in [2.45, 2.75) is 39.4 Å². The molecular weight excluding hydrogens is 156 g/mol. The maximum Gasteiger partial charge on any atom is 0.341 e. The van der Waals surface area contributed by atoms with Crippen molar-refractivity contribution in [1.29, 1.82) is 0 Å². The van der Waals surface area contributed by atoms with E-state index in [9.17, 15) is 4.79 Å². The Kier molecular flexibility index (Phi) is 2.42. The van der Waals surface area contributed by atoms with Crippen molar-refractivity contribution in [3.05, 3.63) is 0 Å². The van der Waals surface area contributed by atoms with Gasteiger partial charge in [-0.3, -0.25) is 0 Å². The van der Waals surface area contributed by atoms with E-state index in [1.165, 1.54) is 0 Å². The molecule has 0 aromatic rings. The molecule has 1 heterocycles. The first-order valence-electron chi connectivity index (χ1n) is 4.40. The van der Waals surface area contributed by atoms with E-state index >= 15 is 0 Å². The highest BCUT2D eigenvalue weighted by Crippen LogP contribution is 2.43. The zero-order valence-corrected chi connectivity index (χ0v) is 8.09. The summed E-state index contributed by atoms with van der Waals surface area (Å²) in [6.07, 6.45) is 0.0107. The van der Waals surface area contributed by atoms with Crippen molar-refractivity contribution in [2.75, 3.05) is 6.61 Å². The third kappa shape index (κ3) is 1.22. The smallest absolute Gasteiger partial charge is 0.341 e. The number of hydrogen-bond donors (Lipinski definition) is 0. The maximum atomic E-state index is 11.4. The van der Waals surface area contributed by atoms with Crippen LogP contribution in [-0.2, 0) is 14.3 Å². The Morgan fingerprint density at radius 3 is 2.42 bits per heavy atom. The third-order valence-corrected chi connectivity index (χ3v) is 2.37. The second kappa shape index (κ2) is 3.05. The molecule has 0 aromatic heterocycles. The summed E-state index contributed by atoms with van der Waals surface area (Å²) in [4.78, 5) is 11.4. The summed E-state index contributed by atoms with van der Waals surface area (Å²) in [6.45, 7) is 8.07. The molecule has 70 valence electrons. The Labute approximate surface area is 73.0 Å². The summed E-state index contributed by atoms with van der Waals surface area (Å²) in [5.74, 6) is -0.0287. The predicted molar refractivity (Wildman–Crippen MR) is 44.7 cm³/mol. The topological polar surface area (TPSA) is 38.8 Å². The summed E-state index contributed by atoms with van der Waals surface area (Å²) in [5, 5.41) is 0. The standard InChI is InChI=1S/C9H16O3/c1-5-11-8(10)9(6(2)3)7(4)12-9/h6-7H,5H2,1-4H3. The van der Waals surface area contributed by atoms with Crippen molar-refractivity contribution >= 4 is 5.97 Å². The molecule has 1 aliphatic rings. The number of epoxide rings is 1. The Morgan fingerprint density at radius 2 is 2.17 bits per heavy atom. The van der Waals surface area contributed by atoms with Crippen LogP contribution in [-0.4, -0.2) is 24.3 Å². The molecule has 2 unspecified atom stereocenters. The van der Waals surface area contributed by atoms with Gasteiger partial charge in [-0.05, 0) is 19.8 Å². The van der Waals surface area contributed by atoms with Gasteiger partial charge in [0.1, 0.15) is 0 Å². The first kappa shape index (κ1) is 9.52. The van der Waals surface area contributed by atoms with E-state index in [1.54, 1.807) is 6.92 Å². The van der Waals surface area contributed by atoms with E-state index in [0.717, 1.165) is 0 Å². The molecule has 1 aliphatic heterocycles. The Bertz CT molecular complexity index is 188. The predicted octanol–water partition coefficient (Wildman–Crippen LogP) is 1.36. The lowest BCUT2D eigenvalue weighted by molar-refractivity contribution is -0.151. The number of rotatable bonds is 3. The second-order valence-electron chi connectivity index (χ2n) is 3.43. The largest absolute Gasteiger partial charge is 0.464 e. The molecule has 0 spiro atoms. The highest BCUT2D eigenvalue weighted by Gasteiger charge is 2.63. The van der Waals surface area contributed by atoms with Crippen LogP contribution in [0.15, 0.2) is 0 Å². The lowest BCUT2D eigenvalue weighted by Crippen LogP contribution is -2.34. The highest BCUT2D eigenvalue weighted by molar-refractivity contribution is 5.83. The fourth-order valence-electron chi connectivity index (χ4n) is 1.56. The van der Waals surface area contributed by atoms with Gasteiger partial charge in [0.25, 0.3) is 0 Å². The van der Waals surface area contributed by atoms with Crippen LogP contribution >= 0.6 is 0 Å². The molecule has 0 N–H and O–H groups in total. The molecule has 1 fully saturated rings. The van der Waals surface area contributed by atoms with Gasteiger partial charge in [0.2, 0.25) is 0 Å². The summed E-state index contributed by atoms with van der Waals surface area (Å²) in [6, 6.07) is 0. The number of esters is 1. The highest BCUT2D eigenvalue weighted by atomic mass is 16.7. The average molecular weight is 172 g/mol. The number of hydrogen-bond acceptors (Lipinski definition) is 3. The molecule has 0 aliphatic carbocycles. The number of carbonyl (C=O) groups excluding carboxylic acids is 1. The van der Waals surface area contributed by atoms with Gasteiger partial charge in [-0.1, -0.05) is 13.8 Å². The molecule has 0 aromatic carbocycles. The summed E-state index contributed by atoms with van der Waals surface area (Å²) in [5.41, 5.74) is -0.643.